The van der Waals surface area contributed by atoms with Crippen LogP contribution in [0.15, 0.2) is 18.2 Å². The second-order valence-electron chi connectivity index (χ2n) is 10.5. The summed E-state index contributed by atoms with van der Waals surface area (Å²) < 4.78 is 48.3. The maximum absolute atomic E-state index is 14.2. The first-order valence-corrected chi connectivity index (χ1v) is 11.9. The van der Waals surface area contributed by atoms with Gasteiger partial charge in [-0.2, -0.15) is 13.2 Å². The number of pyridine rings is 1. The summed E-state index contributed by atoms with van der Waals surface area (Å²) in [6.45, 7) is 5.91. The third-order valence-corrected chi connectivity index (χ3v) is 7.36. The van der Waals surface area contributed by atoms with Gasteiger partial charge in [0.1, 0.15) is 6.29 Å². The molecule has 1 saturated carbocycles. The molecule has 1 aromatic carbocycles. The van der Waals surface area contributed by atoms with Crippen molar-refractivity contribution in [2.75, 3.05) is 7.11 Å². The summed E-state index contributed by atoms with van der Waals surface area (Å²) in [4.78, 5) is 16.4. The lowest BCUT2D eigenvalue weighted by Crippen LogP contribution is -2.29. The topological polar surface area (TPSA) is 59.4 Å². The van der Waals surface area contributed by atoms with Crippen molar-refractivity contribution < 1.29 is 27.8 Å². The number of hydrogen-bond acceptors (Lipinski definition) is 4. The van der Waals surface area contributed by atoms with Crippen LogP contribution in [0, 0.1) is 5.41 Å². The van der Waals surface area contributed by atoms with Gasteiger partial charge < -0.3 is 9.84 Å². The molecule has 0 bridgehead atoms. The second kappa shape index (κ2) is 9.08. The molecule has 4 rings (SSSR count). The SMILES string of the molecule is COC(C)c1nc2c(c(C3CCCC3)c1-c1cc(C=O)ccc1C(F)(F)F)[C@@H](O)CC(C)(C)C2. The molecule has 34 heavy (non-hydrogen) atoms. The molecule has 4 nitrogen and oxygen atoms in total. The van der Waals surface area contributed by atoms with E-state index in [1.54, 1.807) is 6.92 Å². The van der Waals surface area contributed by atoms with Crippen LogP contribution in [0.1, 0.15) is 109 Å². The van der Waals surface area contributed by atoms with Crippen LogP contribution in [-0.4, -0.2) is 23.5 Å². The summed E-state index contributed by atoms with van der Waals surface area (Å²) in [6.07, 6.45) is -0.639. The molecule has 2 aliphatic rings. The zero-order valence-corrected chi connectivity index (χ0v) is 20.1. The standard InChI is InChI=1S/C27H32F3NO3/c1-15(34-4)25-23(18-11-16(14-32)9-10-19(18)27(28,29)30)22(17-7-5-6-8-17)24-20(31-25)12-26(2,3)13-21(24)33/h9-11,14-15,17,21,33H,5-8,12-13H2,1-4H3/t15?,21-/m0/s1. The summed E-state index contributed by atoms with van der Waals surface area (Å²) in [5.74, 6) is 0.0198. The van der Waals surface area contributed by atoms with Crippen LogP contribution in [0.4, 0.5) is 13.2 Å². The lowest BCUT2D eigenvalue weighted by molar-refractivity contribution is -0.137. The summed E-state index contributed by atoms with van der Waals surface area (Å²) >= 11 is 0. The molecule has 1 unspecified atom stereocenters. The third kappa shape index (κ3) is 4.52. The first-order chi connectivity index (χ1) is 16.0. The molecule has 1 aromatic heterocycles. The van der Waals surface area contributed by atoms with Crippen molar-refractivity contribution in [3.63, 3.8) is 0 Å². The molecular formula is C27H32F3NO3. The number of carbonyl (C=O) groups excluding carboxylic acids is 1. The monoisotopic (exact) mass is 475 g/mol. The molecule has 1 fully saturated rings. The van der Waals surface area contributed by atoms with E-state index in [0.717, 1.165) is 43.0 Å². The minimum atomic E-state index is -4.62. The Bertz CT molecular complexity index is 1090. The van der Waals surface area contributed by atoms with Crippen molar-refractivity contribution in [2.24, 2.45) is 5.41 Å². The number of fused-ring (bicyclic) bond motifs is 1. The van der Waals surface area contributed by atoms with Gasteiger partial charge in [0.05, 0.1) is 23.5 Å². The molecule has 2 aromatic rings. The fraction of sp³-hybridized carbons (Fsp3) is 0.556. The van der Waals surface area contributed by atoms with E-state index in [4.69, 9.17) is 9.72 Å². The average molecular weight is 476 g/mol. The van der Waals surface area contributed by atoms with E-state index < -0.39 is 23.9 Å². The van der Waals surface area contributed by atoms with Crippen molar-refractivity contribution in [3.05, 3.63) is 51.8 Å². The smallest absolute Gasteiger partial charge is 0.388 e. The fourth-order valence-corrected chi connectivity index (χ4v) is 5.76. The van der Waals surface area contributed by atoms with Crippen LogP contribution in [0.3, 0.4) is 0 Å². The van der Waals surface area contributed by atoms with Crippen LogP contribution in [0.2, 0.25) is 0 Å². The molecule has 0 amide bonds. The highest BCUT2D eigenvalue weighted by Crippen LogP contribution is 2.52. The first-order valence-electron chi connectivity index (χ1n) is 11.9. The number of nitrogens with zero attached hydrogens (tertiary/aromatic N) is 1. The van der Waals surface area contributed by atoms with E-state index in [1.807, 2.05) is 0 Å². The Kier molecular flexibility index (Phi) is 6.64. The van der Waals surface area contributed by atoms with E-state index in [1.165, 1.54) is 19.2 Å². The van der Waals surface area contributed by atoms with E-state index in [-0.39, 0.29) is 22.5 Å². The number of aliphatic hydroxyl groups excluding tert-OH is 1. The van der Waals surface area contributed by atoms with Crippen molar-refractivity contribution in [3.8, 4) is 11.1 Å². The summed E-state index contributed by atoms with van der Waals surface area (Å²) in [5, 5.41) is 11.3. The molecule has 2 atom stereocenters. The number of benzene rings is 1. The Labute approximate surface area is 198 Å². The number of aliphatic hydroxyl groups is 1. The maximum Gasteiger partial charge on any atom is 0.417 e. The van der Waals surface area contributed by atoms with Gasteiger partial charge in [0.25, 0.3) is 0 Å². The number of ether oxygens (including phenoxy) is 1. The van der Waals surface area contributed by atoms with Gasteiger partial charge in [0.15, 0.2) is 0 Å². The highest BCUT2D eigenvalue weighted by atomic mass is 19.4. The molecule has 7 heteroatoms. The molecule has 0 radical (unpaired) electrons. The third-order valence-electron chi connectivity index (χ3n) is 7.36. The van der Waals surface area contributed by atoms with Gasteiger partial charge in [0.2, 0.25) is 0 Å². The maximum atomic E-state index is 14.2. The van der Waals surface area contributed by atoms with E-state index >= 15 is 0 Å². The Morgan fingerprint density at radius 2 is 1.88 bits per heavy atom. The minimum absolute atomic E-state index is 0.0198. The van der Waals surface area contributed by atoms with Crippen LogP contribution < -0.4 is 0 Å². The zero-order chi connectivity index (χ0) is 24.8. The first kappa shape index (κ1) is 24.9. The number of halogens is 3. The fourth-order valence-electron chi connectivity index (χ4n) is 5.76. The number of carbonyl (C=O) groups is 1. The number of alkyl halides is 3. The molecule has 0 saturated heterocycles. The minimum Gasteiger partial charge on any atom is -0.388 e. The van der Waals surface area contributed by atoms with Crippen LogP contribution in [0.5, 0.6) is 0 Å². The molecule has 0 spiro atoms. The molecule has 0 aliphatic heterocycles. The van der Waals surface area contributed by atoms with Crippen molar-refractivity contribution in [1.29, 1.82) is 0 Å². The van der Waals surface area contributed by atoms with Crippen LogP contribution >= 0.6 is 0 Å². The van der Waals surface area contributed by atoms with Gasteiger partial charge in [0, 0.05) is 29.5 Å². The molecule has 184 valence electrons. The van der Waals surface area contributed by atoms with Gasteiger partial charge in [-0.25, -0.2) is 0 Å². The number of rotatable bonds is 5. The number of aldehydes is 1. The Morgan fingerprint density at radius 3 is 2.47 bits per heavy atom. The largest absolute Gasteiger partial charge is 0.417 e. The second-order valence-corrected chi connectivity index (χ2v) is 10.5. The van der Waals surface area contributed by atoms with Gasteiger partial charge in [-0.1, -0.05) is 32.8 Å². The van der Waals surface area contributed by atoms with Gasteiger partial charge in [-0.05, 0) is 67.2 Å². The normalized spacial score (nSPS) is 21.4. The van der Waals surface area contributed by atoms with Crippen molar-refractivity contribution in [1.82, 2.24) is 4.98 Å². The summed E-state index contributed by atoms with van der Waals surface area (Å²) in [6, 6.07) is 3.47. The molecule has 1 heterocycles. The molecular weight excluding hydrogens is 443 g/mol. The Balaban J connectivity index is 2.15. The highest BCUT2D eigenvalue weighted by Gasteiger charge is 2.41. The van der Waals surface area contributed by atoms with Crippen LogP contribution in [-0.2, 0) is 17.3 Å². The van der Waals surface area contributed by atoms with E-state index in [9.17, 15) is 23.1 Å². The van der Waals surface area contributed by atoms with Gasteiger partial charge in [-0.3, -0.25) is 9.78 Å². The van der Waals surface area contributed by atoms with E-state index in [2.05, 4.69) is 13.8 Å². The lowest BCUT2D eigenvalue weighted by atomic mass is 9.70. The Morgan fingerprint density at radius 1 is 1.21 bits per heavy atom. The van der Waals surface area contributed by atoms with Gasteiger partial charge in [-0.15, -0.1) is 0 Å². The zero-order valence-electron chi connectivity index (χ0n) is 20.1. The Hall–Kier alpha value is -2.25. The summed E-state index contributed by atoms with van der Waals surface area (Å²) in [5.41, 5.74) is 2.09. The number of aromatic nitrogens is 1. The highest BCUT2D eigenvalue weighted by molar-refractivity contribution is 5.83. The number of methoxy groups -OCH3 is 1. The van der Waals surface area contributed by atoms with Crippen molar-refractivity contribution >= 4 is 6.29 Å². The predicted molar refractivity (Wildman–Crippen MR) is 124 cm³/mol. The molecule has 2 aliphatic carbocycles. The van der Waals surface area contributed by atoms with E-state index in [0.29, 0.717) is 35.9 Å². The van der Waals surface area contributed by atoms with Gasteiger partial charge >= 0.3 is 6.18 Å². The number of hydrogen-bond donors (Lipinski definition) is 1. The lowest BCUT2D eigenvalue weighted by Gasteiger charge is -2.38. The average Bonchev–Trinajstić information content (AvgIpc) is 3.30. The van der Waals surface area contributed by atoms with Crippen molar-refractivity contribution in [2.45, 2.75) is 83.6 Å². The molecule has 1 N–H and O–H groups in total. The predicted octanol–water partition coefficient (Wildman–Crippen LogP) is 6.95. The van der Waals surface area contributed by atoms with Crippen LogP contribution in [0.25, 0.3) is 11.1 Å². The quantitative estimate of drug-likeness (QED) is 0.476. The summed E-state index contributed by atoms with van der Waals surface area (Å²) in [7, 11) is 1.51.